The Bertz CT molecular complexity index is 4990. The van der Waals surface area contributed by atoms with E-state index < -0.39 is 7.92 Å². The molecule has 1 heteroatoms. The third kappa shape index (κ3) is 14.3. The first-order valence-corrected chi connectivity index (χ1v) is 40.9. The zero-order chi connectivity index (χ0) is 76.4. The second-order valence-corrected chi connectivity index (χ2v) is 33.8. The van der Waals surface area contributed by atoms with Crippen LogP contribution in [0.25, 0.3) is 156 Å². The number of benzene rings is 15. The van der Waals surface area contributed by atoms with Crippen molar-refractivity contribution in [2.24, 2.45) is 0 Å². The van der Waals surface area contributed by atoms with Crippen LogP contribution in [0, 0.1) is 111 Å². The molecule has 0 amide bonds. The van der Waals surface area contributed by atoms with E-state index in [0.29, 0.717) is 0 Å². The van der Waals surface area contributed by atoms with Crippen molar-refractivity contribution < 1.29 is 0 Å². The van der Waals surface area contributed by atoms with Crippen molar-refractivity contribution in [1.29, 1.82) is 0 Å². The summed E-state index contributed by atoms with van der Waals surface area (Å²) in [5.74, 6) is 0. The van der Waals surface area contributed by atoms with E-state index in [9.17, 15) is 0 Å². The molecule has 0 aromatic heterocycles. The van der Waals surface area contributed by atoms with Gasteiger partial charge < -0.3 is 0 Å². The molecule has 15 aromatic carbocycles. The summed E-state index contributed by atoms with van der Waals surface area (Å²) in [4.78, 5) is 0. The fourth-order valence-electron chi connectivity index (χ4n) is 18.2. The molecule has 0 atom stereocenters. The highest BCUT2D eigenvalue weighted by Crippen LogP contribution is 2.48. The van der Waals surface area contributed by atoms with Crippen LogP contribution in [0.1, 0.15) is 89.0 Å². The number of hydrogen-bond acceptors (Lipinski definition) is 0. The topological polar surface area (TPSA) is 0 Å². The molecular formula is C108H99P. The molecule has 0 unspecified atom stereocenters. The van der Waals surface area contributed by atoms with Gasteiger partial charge in [0, 0.05) is 0 Å². The van der Waals surface area contributed by atoms with Gasteiger partial charge in [-0.15, -0.1) is 0 Å². The Labute approximate surface area is 650 Å². The minimum Gasteiger partial charge on any atom is -0.0803 e. The summed E-state index contributed by atoms with van der Waals surface area (Å²) >= 11 is 0. The van der Waals surface area contributed by atoms with Gasteiger partial charge in [-0.25, -0.2) is 0 Å². The molecular weight excluding hydrogens is 1330 g/mol. The summed E-state index contributed by atoms with van der Waals surface area (Å²) in [7, 11) is -0.782. The lowest BCUT2D eigenvalue weighted by atomic mass is 9.84. The van der Waals surface area contributed by atoms with E-state index in [-0.39, 0.29) is 0 Å². The zero-order valence-corrected chi connectivity index (χ0v) is 67.8. The van der Waals surface area contributed by atoms with Gasteiger partial charge in [-0.2, -0.15) is 0 Å². The monoisotopic (exact) mass is 1430 g/mol. The van der Waals surface area contributed by atoms with Crippen LogP contribution in [0.15, 0.2) is 273 Å². The van der Waals surface area contributed by atoms with Gasteiger partial charge in [0.1, 0.15) is 0 Å². The van der Waals surface area contributed by atoms with Crippen LogP contribution in [-0.2, 0) is 0 Å². The molecule has 0 nitrogen and oxygen atoms in total. The molecule has 0 N–H and O–H groups in total. The van der Waals surface area contributed by atoms with Crippen molar-refractivity contribution in [1.82, 2.24) is 0 Å². The highest BCUT2D eigenvalue weighted by atomic mass is 31.1. The Morgan fingerprint density at radius 2 is 0.248 bits per heavy atom. The van der Waals surface area contributed by atoms with Gasteiger partial charge in [-0.1, -0.05) is 172 Å². The smallest absolute Gasteiger partial charge is 0.00895 e. The highest BCUT2D eigenvalue weighted by Gasteiger charge is 2.24. The van der Waals surface area contributed by atoms with Crippen LogP contribution >= 0.6 is 7.92 Å². The molecule has 15 rings (SSSR count). The summed E-state index contributed by atoms with van der Waals surface area (Å²) in [5, 5.41) is 1.37. The van der Waals surface area contributed by atoms with Crippen molar-refractivity contribution >= 4 is 13.2 Å². The lowest BCUT2D eigenvalue weighted by molar-refractivity contribution is 1.36. The third-order valence-corrected chi connectivity index (χ3v) is 24.6. The zero-order valence-electron chi connectivity index (χ0n) is 66.9. The summed E-state index contributed by atoms with van der Waals surface area (Å²) in [6, 6.07) is 106. The largest absolute Gasteiger partial charge is 0.0803 e. The molecule has 109 heavy (non-hydrogen) atoms. The van der Waals surface area contributed by atoms with Crippen molar-refractivity contribution in [3.63, 3.8) is 0 Å². The van der Waals surface area contributed by atoms with Crippen LogP contribution in [0.2, 0.25) is 0 Å². The van der Waals surface area contributed by atoms with E-state index in [1.54, 1.807) is 0 Å². The van der Waals surface area contributed by atoms with E-state index in [1.165, 1.54) is 250 Å². The predicted octanol–water partition coefficient (Wildman–Crippen LogP) is 30.3. The molecule has 0 spiro atoms. The Morgan fingerprint density at radius 3 is 0.385 bits per heavy atom. The SMILES string of the molecule is Cc1cccc(C)c1-c1cc(-c2cc(-c3cc(-c4c(C)cccc4C)cc(-c4c(C)cccc4C)c3)cc(-c3cccc(-c4cc(-c5cc(-c6c(C)cccc6C)cc(-c6c(C)cccc6C)c5)cc(-c5cc(-c6c(C)cccc6C)cc(-c6c(C)cccc6C)c5)c4)c3P(C)C)c2)cc(-c2c(C)cccc2C)c1. The minimum atomic E-state index is -0.782. The summed E-state index contributed by atoms with van der Waals surface area (Å²) < 4.78 is 0. The van der Waals surface area contributed by atoms with Crippen LogP contribution in [0.4, 0.5) is 0 Å². The van der Waals surface area contributed by atoms with Crippen LogP contribution in [-0.4, -0.2) is 13.3 Å². The molecule has 0 fully saturated rings. The standard InChI is InChI=1S/C108H99P/c1-64-28-19-29-65(2)100(64)90-52-84(53-91(60-90)101-66(3)30-20-31-67(101)4)80-46-81(85-54-92(102-68(5)32-21-33-69(102)6)61-93(55-85)103-70(7)34-22-35-71(103)8)49-88(48-80)98-44-27-45-99(108(98)109(17)18)89-50-82(86-56-94(104-72(9)36-23-37-73(104)10)62-95(57-86)105-74(11)38-24-39-75(105)12)47-83(51-89)87-58-96(106-76(13)40-25-41-77(106)14)63-97(59-87)107-78(15)42-26-43-79(107)16/h19-63H,1-18H3. The van der Waals surface area contributed by atoms with Gasteiger partial charge in [0.25, 0.3) is 0 Å². The average Bonchev–Trinajstić information content (AvgIpc) is 0.757. The second kappa shape index (κ2) is 30.1. The normalized spacial score (nSPS) is 11.5. The van der Waals surface area contributed by atoms with E-state index >= 15 is 0 Å². The van der Waals surface area contributed by atoms with Gasteiger partial charge in [0.05, 0.1) is 0 Å². The van der Waals surface area contributed by atoms with Crippen LogP contribution in [0.3, 0.4) is 0 Å². The van der Waals surface area contributed by atoms with E-state index in [2.05, 4.69) is 397 Å². The van der Waals surface area contributed by atoms with Gasteiger partial charge in [-0.3, -0.25) is 0 Å². The molecule has 0 radical (unpaired) electrons. The van der Waals surface area contributed by atoms with Crippen molar-refractivity contribution in [2.75, 3.05) is 13.3 Å². The first-order chi connectivity index (χ1) is 52.4. The van der Waals surface area contributed by atoms with E-state index in [0.717, 1.165) is 0 Å². The fraction of sp³-hybridized carbons (Fsp3) is 0.167. The maximum atomic E-state index is 2.52. The molecule has 536 valence electrons. The lowest BCUT2D eigenvalue weighted by Crippen LogP contribution is -2.09. The maximum Gasteiger partial charge on any atom is -0.00895 e. The summed E-state index contributed by atoms with van der Waals surface area (Å²) in [6.45, 7) is 41.2. The average molecular weight is 1430 g/mol. The first kappa shape index (κ1) is 73.3. The van der Waals surface area contributed by atoms with E-state index in [1.807, 2.05) is 0 Å². The van der Waals surface area contributed by atoms with Crippen LogP contribution < -0.4 is 5.30 Å². The molecule has 15 aromatic rings. The van der Waals surface area contributed by atoms with Gasteiger partial charge in [-0.05, 0) is 483 Å². The Hall–Kier alpha value is -11.3. The number of hydrogen-bond donors (Lipinski definition) is 0. The van der Waals surface area contributed by atoms with Crippen molar-refractivity contribution in [2.45, 2.75) is 111 Å². The molecule has 0 saturated heterocycles. The number of rotatable bonds is 15. The van der Waals surface area contributed by atoms with Gasteiger partial charge in [0.15, 0.2) is 0 Å². The molecule has 0 saturated carbocycles. The van der Waals surface area contributed by atoms with Gasteiger partial charge in [0.2, 0.25) is 0 Å². The Balaban J connectivity index is 1.04. The molecule has 0 aliphatic carbocycles. The fourth-order valence-corrected chi connectivity index (χ4v) is 19.6. The quantitative estimate of drug-likeness (QED) is 0.0898. The lowest BCUT2D eigenvalue weighted by Gasteiger charge is -2.23. The summed E-state index contributed by atoms with van der Waals surface area (Å²) in [5.41, 5.74) is 54.5. The maximum absolute atomic E-state index is 2.52. The second-order valence-electron chi connectivity index (χ2n) is 31.5. The third-order valence-electron chi connectivity index (χ3n) is 23.2. The highest BCUT2D eigenvalue weighted by molar-refractivity contribution is 7.64. The Kier molecular flexibility index (Phi) is 20.2. The molecule has 0 aliphatic rings. The molecule has 0 bridgehead atoms. The van der Waals surface area contributed by atoms with Gasteiger partial charge >= 0.3 is 0 Å². The van der Waals surface area contributed by atoms with Crippen molar-refractivity contribution in [3.8, 4) is 156 Å². The molecule has 0 heterocycles. The van der Waals surface area contributed by atoms with Crippen molar-refractivity contribution in [3.05, 3.63) is 362 Å². The number of aryl methyl sites for hydroxylation is 16. The first-order valence-electron chi connectivity index (χ1n) is 38.7. The minimum absolute atomic E-state index is 0.782. The van der Waals surface area contributed by atoms with E-state index in [4.69, 9.17) is 0 Å². The summed E-state index contributed by atoms with van der Waals surface area (Å²) in [6.07, 6.45) is 0. The molecule has 0 aliphatic heterocycles. The predicted molar refractivity (Wildman–Crippen MR) is 477 cm³/mol. The van der Waals surface area contributed by atoms with Crippen LogP contribution in [0.5, 0.6) is 0 Å². The Morgan fingerprint density at radius 1 is 0.138 bits per heavy atom.